The highest BCUT2D eigenvalue weighted by atomic mass is 16.5. The minimum absolute atomic E-state index is 0. The van der Waals surface area contributed by atoms with Gasteiger partial charge in [0.25, 0.3) is 5.91 Å². The van der Waals surface area contributed by atoms with Gasteiger partial charge in [-0.15, -0.1) is 0 Å². The minimum atomic E-state index is -0.320. The van der Waals surface area contributed by atoms with E-state index in [2.05, 4.69) is 10.5 Å². The maximum Gasteiger partial charge on any atom is 0.275 e. The van der Waals surface area contributed by atoms with Gasteiger partial charge in [-0.1, -0.05) is 19.6 Å². The summed E-state index contributed by atoms with van der Waals surface area (Å²) in [5.41, 5.74) is 3.78. The third kappa shape index (κ3) is 5.14. The summed E-state index contributed by atoms with van der Waals surface area (Å²) >= 11 is 0. The van der Waals surface area contributed by atoms with Crippen LogP contribution in [0.3, 0.4) is 0 Å². The Labute approximate surface area is 136 Å². The Kier molecular flexibility index (Phi) is 7.33. The van der Waals surface area contributed by atoms with E-state index in [0.717, 1.165) is 11.3 Å². The zero-order valence-corrected chi connectivity index (χ0v) is 12.6. The molecule has 0 fully saturated rings. The molecule has 2 aromatic rings. The summed E-state index contributed by atoms with van der Waals surface area (Å²) in [6.45, 7) is 2.56. The Hall–Kier alpha value is -2.82. The number of hydrogen-bond acceptors (Lipinski definition) is 4. The van der Waals surface area contributed by atoms with E-state index in [1.54, 1.807) is 30.5 Å². The molecule has 2 rings (SSSR count). The van der Waals surface area contributed by atoms with Crippen LogP contribution < -0.4 is 14.9 Å². The quantitative estimate of drug-likeness (QED) is 0.656. The van der Waals surface area contributed by atoms with Crippen LogP contribution in [0.2, 0.25) is 0 Å². The number of nitrogens with one attached hydrogen (secondary N) is 1. The van der Waals surface area contributed by atoms with Crippen molar-refractivity contribution in [2.24, 2.45) is 5.10 Å². The maximum atomic E-state index is 12.0. The predicted molar refractivity (Wildman–Crippen MR) is 92.4 cm³/mol. The first-order valence-corrected chi connectivity index (χ1v) is 6.94. The normalized spacial score (nSPS) is 10.0. The number of para-hydroxylation sites is 1. The fourth-order valence-corrected chi connectivity index (χ4v) is 1.87. The van der Waals surface area contributed by atoms with Crippen molar-refractivity contribution in [3.8, 4) is 11.5 Å². The highest BCUT2D eigenvalue weighted by Crippen LogP contribution is 2.16. The molecule has 2 aromatic carbocycles. The number of hydrazone groups is 1. The van der Waals surface area contributed by atoms with Crippen molar-refractivity contribution in [1.29, 1.82) is 0 Å². The molecule has 1 N–H and O–H groups in total. The molecule has 0 saturated heterocycles. The molecule has 0 spiro atoms. The summed E-state index contributed by atoms with van der Waals surface area (Å²) in [5, 5.41) is 3.95. The summed E-state index contributed by atoms with van der Waals surface area (Å²) in [4.78, 5) is 12.0. The predicted octanol–water partition coefficient (Wildman–Crippen LogP) is 3.49. The highest BCUT2D eigenvalue weighted by molar-refractivity contribution is 5.97. The van der Waals surface area contributed by atoms with E-state index in [1.165, 1.54) is 7.11 Å². The summed E-state index contributed by atoms with van der Waals surface area (Å²) in [6, 6.07) is 14.4. The Balaban J connectivity index is 0.00000264. The summed E-state index contributed by atoms with van der Waals surface area (Å²) in [7, 11) is 1.52. The van der Waals surface area contributed by atoms with Crippen LogP contribution in [0, 0.1) is 0 Å². The lowest BCUT2D eigenvalue weighted by atomic mass is 10.2. The van der Waals surface area contributed by atoms with Gasteiger partial charge in [0, 0.05) is 0 Å². The van der Waals surface area contributed by atoms with Gasteiger partial charge in [-0.05, 0) is 48.9 Å². The molecule has 0 aromatic heterocycles. The van der Waals surface area contributed by atoms with Crippen LogP contribution in [0.5, 0.6) is 11.5 Å². The van der Waals surface area contributed by atoms with Gasteiger partial charge in [0.05, 0.1) is 25.5 Å². The van der Waals surface area contributed by atoms with Gasteiger partial charge >= 0.3 is 0 Å². The van der Waals surface area contributed by atoms with E-state index in [1.807, 2.05) is 31.2 Å². The van der Waals surface area contributed by atoms with Crippen molar-refractivity contribution in [3.05, 3.63) is 59.7 Å². The molecule has 0 saturated carbocycles. The lowest BCUT2D eigenvalue weighted by Gasteiger charge is -2.06. The van der Waals surface area contributed by atoms with Crippen molar-refractivity contribution >= 4 is 12.1 Å². The lowest BCUT2D eigenvalue weighted by molar-refractivity contribution is 0.0952. The Morgan fingerprint density at radius 3 is 2.52 bits per heavy atom. The smallest absolute Gasteiger partial charge is 0.275 e. The molecule has 5 nitrogen and oxygen atoms in total. The van der Waals surface area contributed by atoms with Gasteiger partial charge in [-0.2, -0.15) is 5.10 Å². The second kappa shape index (κ2) is 9.25. The topological polar surface area (TPSA) is 59.9 Å². The molecule has 0 heterocycles. The van der Waals surface area contributed by atoms with Gasteiger partial charge in [-0.3, -0.25) is 4.79 Å². The fraction of sp³-hybridized carbons (Fsp3) is 0.222. The van der Waals surface area contributed by atoms with Crippen LogP contribution in [0.25, 0.3) is 0 Å². The van der Waals surface area contributed by atoms with Gasteiger partial charge < -0.3 is 9.47 Å². The van der Waals surface area contributed by atoms with Gasteiger partial charge in [0.1, 0.15) is 11.5 Å². The molecule has 0 aliphatic heterocycles. The molecule has 0 unspecified atom stereocenters. The third-order valence-electron chi connectivity index (χ3n) is 2.92. The average molecular weight is 314 g/mol. The first-order chi connectivity index (χ1) is 10.7. The lowest BCUT2D eigenvalue weighted by Crippen LogP contribution is -2.18. The number of methoxy groups -OCH3 is 1. The zero-order chi connectivity index (χ0) is 15.8. The van der Waals surface area contributed by atoms with E-state index < -0.39 is 0 Å². The largest absolute Gasteiger partial charge is 0.496 e. The Morgan fingerprint density at radius 2 is 1.87 bits per heavy atom. The van der Waals surface area contributed by atoms with E-state index in [9.17, 15) is 4.79 Å². The minimum Gasteiger partial charge on any atom is -0.496 e. The molecule has 0 atom stereocenters. The monoisotopic (exact) mass is 314 g/mol. The number of nitrogens with zero attached hydrogens (tertiary/aromatic N) is 1. The summed E-state index contributed by atoms with van der Waals surface area (Å²) in [5.74, 6) is 0.994. The van der Waals surface area contributed by atoms with Crippen molar-refractivity contribution in [2.75, 3.05) is 13.7 Å². The van der Waals surface area contributed by atoms with E-state index in [0.29, 0.717) is 17.9 Å². The van der Waals surface area contributed by atoms with Crippen molar-refractivity contribution in [1.82, 2.24) is 5.43 Å². The number of carbonyl (C=O) groups excluding carboxylic acids is 1. The van der Waals surface area contributed by atoms with Crippen LogP contribution >= 0.6 is 0 Å². The van der Waals surface area contributed by atoms with Gasteiger partial charge in [-0.25, -0.2) is 5.43 Å². The Morgan fingerprint density at radius 1 is 1.17 bits per heavy atom. The SMILES string of the molecule is C.CCOc1ccc(/C=N/NC(=O)c2ccccc2OC)cc1. The summed E-state index contributed by atoms with van der Waals surface area (Å²) < 4.78 is 10.5. The number of hydrogen-bond donors (Lipinski definition) is 1. The second-order valence-corrected chi connectivity index (χ2v) is 4.40. The first kappa shape index (κ1) is 18.2. The van der Waals surface area contributed by atoms with Crippen molar-refractivity contribution < 1.29 is 14.3 Å². The summed E-state index contributed by atoms with van der Waals surface area (Å²) in [6.07, 6.45) is 1.57. The first-order valence-electron chi connectivity index (χ1n) is 6.94. The molecule has 5 heteroatoms. The van der Waals surface area contributed by atoms with Crippen LogP contribution in [0.15, 0.2) is 53.6 Å². The van der Waals surface area contributed by atoms with Gasteiger partial charge in [0.2, 0.25) is 0 Å². The number of benzene rings is 2. The average Bonchev–Trinajstić information content (AvgIpc) is 2.56. The molecule has 0 aliphatic rings. The number of carbonyl (C=O) groups is 1. The van der Waals surface area contributed by atoms with Crippen LogP contribution in [0.4, 0.5) is 0 Å². The maximum absolute atomic E-state index is 12.0. The number of ether oxygens (including phenoxy) is 2. The molecular weight excluding hydrogens is 292 g/mol. The standard InChI is InChI=1S/C17H18N2O3.CH4/c1-3-22-14-10-8-13(9-11-14)12-18-19-17(20)15-6-4-5-7-16(15)21-2;/h4-12H,3H2,1-2H3,(H,19,20);1H4/b18-12+;. The molecule has 0 aliphatic carbocycles. The van der Waals surface area contributed by atoms with Crippen LogP contribution in [0.1, 0.15) is 30.3 Å². The van der Waals surface area contributed by atoms with E-state index >= 15 is 0 Å². The number of rotatable bonds is 6. The highest BCUT2D eigenvalue weighted by Gasteiger charge is 2.09. The van der Waals surface area contributed by atoms with Crippen molar-refractivity contribution in [3.63, 3.8) is 0 Å². The second-order valence-electron chi connectivity index (χ2n) is 4.40. The molecule has 0 radical (unpaired) electrons. The zero-order valence-electron chi connectivity index (χ0n) is 12.6. The molecule has 0 bridgehead atoms. The van der Waals surface area contributed by atoms with Crippen molar-refractivity contribution in [2.45, 2.75) is 14.4 Å². The van der Waals surface area contributed by atoms with E-state index in [-0.39, 0.29) is 13.3 Å². The van der Waals surface area contributed by atoms with Gasteiger partial charge in [0.15, 0.2) is 0 Å². The van der Waals surface area contributed by atoms with Crippen LogP contribution in [-0.2, 0) is 0 Å². The molecule has 122 valence electrons. The molecule has 1 amide bonds. The van der Waals surface area contributed by atoms with E-state index in [4.69, 9.17) is 9.47 Å². The fourth-order valence-electron chi connectivity index (χ4n) is 1.87. The molecule has 23 heavy (non-hydrogen) atoms. The number of amides is 1. The molecular formula is C18H22N2O3. The third-order valence-corrected chi connectivity index (χ3v) is 2.92. The Bertz CT molecular complexity index is 652. The van der Waals surface area contributed by atoms with Crippen LogP contribution in [-0.4, -0.2) is 25.8 Å².